The number of benzene rings is 1. The lowest BCUT2D eigenvalue weighted by atomic mass is 10.1. The summed E-state index contributed by atoms with van der Waals surface area (Å²) in [5, 5.41) is 6.13. The number of carbonyl (C=O) groups is 1. The standard InChI is InChI=1S/C18H21N5O/c1-22-7-9-23(10-8-22)14-5-6-16(19-12-14)21-15-4-2-3-13-11-20-18(24)17(13)15/h2-6,12H,7-11H2,1H3,(H,19,21)(H,20,24). The third-order valence-electron chi connectivity index (χ3n) is 4.70. The number of nitrogens with zero attached hydrogens (tertiary/aromatic N) is 3. The third-order valence-corrected chi connectivity index (χ3v) is 4.70. The molecule has 0 radical (unpaired) electrons. The van der Waals surface area contributed by atoms with Crippen LogP contribution in [0.5, 0.6) is 0 Å². The lowest BCUT2D eigenvalue weighted by molar-refractivity contribution is 0.0966. The number of likely N-dealkylation sites (N-methyl/N-ethyl adjacent to an activating group) is 1. The molecule has 0 unspecified atom stereocenters. The molecular weight excluding hydrogens is 302 g/mol. The Bertz CT molecular complexity index is 751. The molecular formula is C18H21N5O. The topological polar surface area (TPSA) is 60.5 Å². The summed E-state index contributed by atoms with van der Waals surface area (Å²) < 4.78 is 0. The average molecular weight is 323 g/mol. The number of pyridine rings is 1. The molecule has 0 saturated carbocycles. The Kier molecular flexibility index (Phi) is 3.82. The quantitative estimate of drug-likeness (QED) is 0.902. The van der Waals surface area contributed by atoms with Gasteiger partial charge in [0.1, 0.15) is 5.82 Å². The maximum Gasteiger partial charge on any atom is 0.254 e. The molecule has 4 rings (SSSR count). The maximum absolute atomic E-state index is 12.0. The molecule has 1 saturated heterocycles. The number of anilines is 3. The van der Waals surface area contributed by atoms with Crippen LogP contribution in [0, 0.1) is 0 Å². The Labute approximate surface area is 141 Å². The zero-order chi connectivity index (χ0) is 16.5. The molecule has 0 aliphatic carbocycles. The second kappa shape index (κ2) is 6.13. The number of hydrogen-bond donors (Lipinski definition) is 2. The molecule has 0 spiro atoms. The zero-order valence-electron chi connectivity index (χ0n) is 13.7. The van der Waals surface area contributed by atoms with E-state index in [9.17, 15) is 4.79 Å². The van der Waals surface area contributed by atoms with Gasteiger partial charge in [-0.1, -0.05) is 12.1 Å². The van der Waals surface area contributed by atoms with Crippen LogP contribution in [-0.4, -0.2) is 49.0 Å². The van der Waals surface area contributed by atoms with E-state index in [1.807, 2.05) is 30.5 Å². The fourth-order valence-corrected chi connectivity index (χ4v) is 3.23. The molecule has 0 atom stereocenters. The van der Waals surface area contributed by atoms with E-state index in [1.54, 1.807) is 0 Å². The molecule has 1 fully saturated rings. The summed E-state index contributed by atoms with van der Waals surface area (Å²) in [5.41, 5.74) is 3.70. The van der Waals surface area contributed by atoms with E-state index in [-0.39, 0.29) is 5.91 Å². The zero-order valence-corrected chi connectivity index (χ0v) is 13.7. The van der Waals surface area contributed by atoms with E-state index in [0.717, 1.165) is 54.5 Å². The van der Waals surface area contributed by atoms with Crippen molar-refractivity contribution in [2.45, 2.75) is 6.54 Å². The van der Waals surface area contributed by atoms with Gasteiger partial charge in [0.15, 0.2) is 0 Å². The summed E-state index contributed by atoms with van der Waals surface area (Å²) in [6.45, 7) is 4.80. The van der Waals surface area contributed by atoms with E-state index in [2.05, 4.69) is 38.5 Å². The van der Waals surface area contributed by atoms with Crippen molar-refractivity contribution in [3.8, 4) is 0 Å². The van der Waals surface area contributed by atoms with Gasteiger partial charge >= 0.3 is 0 Å². The van der Waals surface area contributed by atoms with Crippen molar-refractivity contribution in [2.24, 2.45) is 0 Å². The molecule has 24 heavy (non-hydrogen) atoms. The van der Waals surface area contributed by atoms with Gasteiger partial charge in [-0.25, -0.2) is 4.98 Å². The molecule has 6 nitrogen and oxygen atoms in total. The van der Waals surface area contributed by atoms with E-state index in [0.29, 0.717) is 6.54 Å². The van der Waals surface area contributed by atoms with Crippen LogP contribution in [0.4, 0.5) is 17.2 Å². The third kappa shape index (κ3) is 2.80. The second-order valence-corrected chi connectivity index (χ2v) is 6.34. The minimum atomic E-state index is -0.0258. The Morgan fingerprint density at radius 2 is 1.96 bits per heavy atom. The fourth-order valence-electron chi connectivity index (χ4n) is 3.23. The molecule has 124 valence electrons. The first kappa shape index (κ1) is 15.0. The summed E-state index contributed by atoms with van der Waals surface area (Å²) in [5.74, 6) is 0.725. The van der Waals surface area contributed by atoms with Gasteiger partial charge in [-0.15, -0.1) is 0 Å². The van der Waals surface area contributed by atoms with Gasteiger partial charge in [-0.2, -0.15) is 0 Å². The highest BCUT2D eigenvalue weighted by atomic mass is 16.1. The van der Waals surface area contributed by atoms with Gasteiger partial charge in [-0.05, 0) is 30.8 Å². The number of fused-ring (bicyclic) bond motifs is 1. The fraction of sp³-hybridized carbons (Fsp3) is 0.333. The van der Waals surface area contributed by atoms with Crippen molar-refractivity contribution in [1.82, 2.24) is 15.2 Å². The van der Waals surface area contributed by atoms with Gasteiger partial charge in [0.2, 0.25) is 0 Å². The first-order valence-electron chi connectivity index (χ1n) is 8.27. The van der Waals surface area contributed by atoms with Crippen LogP contribution in [0.25, 0.3) is 0 Å². The van der Waals surface area contributed by atoms with Crippen molar-refractivity contribution >= 4 is 23.1 Å². The summed E-state index contributed by atoms with van der Waals surface area (Å²) in [4.78, 5) is 21.2. The van der Waals surface area contributed by atoms with Crippen LogP contribution in [0.1, 0.15) is 15.9 Å². The van der Waals surface area contributed by atoms with Crippen molar-refractivity contribution in [2.75, 3.05) is 43.4 Å². The predicted octanol–water partition coefficient (Wildman–Crippen LogP) is 1.82. The van der Waals surface area contributed by atoms with Crippen molar-refractivity contribution < 1.29 is 4.79 Å². The van der Waals surface area contributed by atoms with Crippen molar-refractivity contribution in [3.05, 3.63) is 47.7 Å². The van der Waals surface area contributed by atoms with Crippen molar-refractivity contribution in [1.29, 1.82) is 0 Å². The molecule has 2 N–H and O–H groups in total. The lowest BCUT2D eigenvalue weighted by Crippen LogP contribution is -2.44. The van der Waals surface area contributed by atoms with Gasteiger partial charge < -0.3 is 20.4 Å². The Balaban J connectivity index is 1.51. The Morgan fingerprint density at radius 1 is 1.12 bits per heavy atom. The summed E-state index contributed by atoms with van der Waals surface area (Å²) >= 11 is 0. The number of carbonyl (C=O) groups excluding carboxylic acids is 1. The predicted molar refractivity (Wildman–Crippen MR) is 94.8 cm³/mol. The molecule has 0 bridgehead atoms. The molecule has 2 aliphatic rings. The normalized spacial score (nSPS) is 17.5. The number of aromatic nitrogens is 1. The van der Waals surface area contributed by atoms with Gasteiger partial charge in [0, 0.05) is 32.7 Å². The maximum atomic E-state index is 12.0. The van der Waals surface area contributed by atoms with Crippen LogP contribution in [0.15, 0.2) is 36.5 Å². The first-order chi connectivity index (χ1) is 11.7. The van der Waals surface area contributed by atoms with E-state index in [1.165, 1.54) is 0 Å². The van der Waals surface area contributed by atoms with Gasteiger partial charge in [0.25, 0.3) is 5.91 Å². The minimum Gasteiger partial charge on any atom is -0.368 e. The van der Waals surface area contributed by atoms with Gasteiger partial charge in [0.05, 0.1) is 23.1 Å². The first-order valence-corrected chi connectivity index (χ1v) is 8.27. The van der Waals surface area contributed by atoms with E-state index < -0.39 is 0 Å². The van der Waals surface area contributed by atoms with E-state index >= 15 is 0 Å². The molecule has 2 aromatic rings. The van der Waals surface area contributed by atoms with Crippen LogP contribution in [0.3, 0.4) is 0 Å². The van der Waals surface area contributed by atoms with Crippen LogP contribution >= 0.6 is 0 Å². The Hall–Kier alpha value is -2.60. The minimum absolute atomic E-state index is 0.0258. The molecule has 3 heterocycles. The summed E-state index contributed by atoms with van der Waals surface area (Å²) in [6, 6.07) is 9.91. The van der Waals surface area contributed by atoms with Crippen molar-refractivity contribution in [3.63, 3.8) is 0 Å². The number of hydrogen-bond acceptors (Lipinski definition) is 5. The highest BCUT2D eigenvalue weighted by molar-refractivity contribution is 6.03. The SMILES string of the molecule is CN1CCN(c2ccc(Nc3cccc4c3C(=O)NC4)nc2)CC1. The molecule has 1 amide bonds. The van der Waals surface area contributed by atoms with E-state index in [4.69, 9.17) is 0 Å². The number of nitrogens with one attached hydrogen (secondary N) is 2. The van der Waals surface area contributed by atoms with Crippen LogP contribution in [0.2, 0.25) is 0 Å². The molecule has 6 heteroatoms. The summed E-state index contributed by atoms with van der Waals surface area (Å²) in [6.07, 6.45) is 1.90. The lowest BCUT2D eigenvalue weighted by Gasteiger charge is -2.33. The van der Waals surface area contributed by atoms with Crippen LogP contribution < -0.4 is 15.5 Å². The molecule has 2 aliphatic heterocycles. The highest BCUT2D eigenvalue weighted by Crippen LogP contribution is 2.27. The average Bonchev–Trinajstić information content (AvgIpc) is 2.99. The number of rotatable bonds is 3. The smallest absolute Gasteiger partial charge is 0.254 e. The second-order valence-electron chi connectivity index (χ2n) is 6.34. The Morgan fingerprint density at radius 3 is 2.71 bits per heavy atom. The highest BCUT2D eigenvalue weighted by Gasteiger charge is 2.22. The molecule has 1 aromatic heterocycles. The summed E-state index contributed by atoms with van der Waals surface area (Å²) in [7, 11) is 2.15. The van der Waals surface area contributed by atoms with Gasteiger partial charge in [-0.3, -0.25) is 4.79 Å². The largest absolute Gasteiger partial charge is 0.368 e. The number of piperazine rings is 1. The monoisotopic (exact) mass is 323 g/mol. The van der Waals surface area contributed by atoms with Crippen LogP contribution in [-0.2, 0) is 6.54 Å². The molecule has 1 aromatic carbocycles. The number of amides is 1.